The highest BCUT2D eigenvalue weighted by Gasteiger charge is 2.36. The molecular formula is C32H35N3O5. The molecule has 0 radical (unpaired) electrons. The summed E-state index contributed by atoms with van der Waals surface area (Å²) < 4.78 is 5.74. The van der Waals surface area contributed by atoms with E-state index in [1.807, 2.05) is 66.5 Å². The first-order valence-corrected chi connectivity index (χ1v) is 13.8. The molecule has 1 unspecified atom stereocenters. The highest BCUT2D eigenvalue weighted by Crippen LogP contribution is 2.44. The van der Waals surface area contributed by atoms with Crippen LogP contribution in [0.1, 0.15) is 41.9 Å². The standard InChI is InChI=1S/C32H35N3O5/c1-34(19-22-10-3-2-4-11-22)20-29(31(38)35-17-9-12-23(35)18-30(36)37)33-32(39)40-21-28-26-15-7-5-13-24(26)25-14-6-8-16-27(25)28/h2-8,10-11,13-16,23,28-29H,9,12,17-21H2,1H3,(H,33,39)(H,36,37)/t23-,29?/m1/s1. The zero-order valence-corrected chi connectivity index (χ0v) is 22.7. The Morgan fingerprint density at radius 1 is 0.975 bits per heavy atom. The van der Waals surface area contributed by atoms with E-state index in [0.717, 1.165) is 34.2 Å². The highest BCUT2D eigenvalue weighted by molar-refractivity contribution is 5.87. The monoisotopic (exact) mass is 541 g/mol. The molecule has 3 aromatic rings. The molecule has 1 aliphatic heterocycles. The Labute approximate surface area is 234 Å². The fourth-order valence-corrected chi connectivity index (χ4v) is 5.98. The van der Waals surface area contributed by atoms with Crippen LogP contribution in [0.25, 0.3) is 11.1 Å². The smallest absolute Gasteiger partial charge is 0.407 e. The van der Waals surface area contributed by atoms with Gasteiger partial charge in [-0.25, -0.2) is 4.79 Å². The quantitative estimate of drug-likeness (QED) is 0.392. The SMILES string of the molecule is CN(Cc1ccccc1)CC(NC(=O)OCC1c2ccccc2-c2ccccc21)C(=O)N1CCC[C@@H]1CC(=O)O. The summed E-state index contributed by atoms with van der Waals surface area (Å²) in [5.74, 6) is -1.31. The van der Waals surface area contributed by atoms with Gasteiger partial charge in [-0.15, -0.1) is 0 Å². The number of carbonyl (C=O) groups is 3. The number of fused-ring (bicyclic) bond motifs is 3. The van der Waals surface area contributed by atoms with Gasteiger partial charge in [0, 0.05) is 31.6 Å². The number of carboxylic acids is 1. The van der Waals surface area contributed by atoms with Gasteiger partial charge in [-0.3, -0.25) is 14.5 Å². The van der Waals surface area contributed by atoms with Gasteiger partial charge < -0.3 is 20.1 Å². The number of carboxylic acid groups (broad SMARTS) is 1. The number of likely N-dealkylation sites (tertiary alicyclic amines) is 1. The number of benzene rings is 3. The van der Waals surface area contributed by atoms with Crippen LogP contribution in [-0.2, 0) is 20.9 Å². The fraction of sp³-hybridized carbons (Fsp3) is 0.344. The third-order valence-corrected chi connectivity index (χ3v) is 7.79. The number of hydrogen-bond donors (Lipinski definition) is 2. The van der Waals surface area contributed by atoms with E-state index in [1.165, 1.54) is 0 Å². The van der Waals surface area contributed by atoms with E-state index in [2.05, 4.69) is 29.6 Å². The summed E-state index contributed by atoms with van der Waals surface area (Å²) >= 11 is 0. The van der Waals surface area contributed by atoms with Gasteiger partial charge in [0.2, 0.25) is 5.91 Å². The third kappa shape index (κ3) is 6.18. The number of nitrogens with zero attached hydrogens (tertiary/aromatic N) is 2. The minimum Gasteiger partial charge on any atom is -0.481 e. The van der Waals surface area contributed by atoms with Crippen LogP contribution in [0.5, 0.6) is 0 Å². The van der Waals surface area contributed by atoms with Crippen molar-refractivity contribution in [3.8, 4) is 11.1 Å². The van der Waals surface area contributed by atoms with Crippen LogP contribution >= 0.6 is 0 Å². The molecule has 3 aromatic carbocycles. The maximum absolute atomic E-state index is 13.7. The topological polar surface area (TPSA) is 99.2 Å². The molecule has 0 saturated carbocycles. The molecule has 2 atom stereocenters. The average molecular weight is 542 g/mol. The number of rotatable bonds is 10. The molecule has 8 nitrogen and oxygen atoms in total. The summed E-state index contributed by atoms with van der Waals surface area (Å²) in [5.41, 5.74) is 5.59. The molecule has 2 amide bonds. The number of alkyl carbamates (subject to hydrolysis) is 1. The predicted octanol–water partition coefficient (Wildman–Crippen LogP) is 4.49. The van der Waals surface area contributed by atoms with Gasteiger partial charge in [0.05, 0.1) is 6.42 Å². The van der Waals surface area contributed by atoms with E-state index in [4.69, 9.17) is 4.74 Å². The van der Waals surface area contributed by atoms with Crippen molar-refractivity contribution < 1.29 is 24.2 Å². The van der Waals surface area contributed by atoms with Gasteiger partial charge in [-0.1, -0.05) is 78.9 Å². The van der Waals surface area contributed by atoms with Crippen molar-refractivity contribution in [2.24, 2.45) is 0 Å². The summed E-state index contributed by atoms with van der Waals surface area (Å²) in [7, 11) is 1.89. The molecule has 0 aromatic heterocycles. The molecule has 0 spiro atoms. The first-order valence-electron chi connectivity index (χ1n) is 13.8. The molecular weight excluding hydrogens is 506 g/mol. The number of aliphatic carboxylic acids is 1. The second kappa shape index (κ2) is 12.3. The minimum absolute atomic E-state index is 0.0911. The second-order valence-electron chi connectivity index (χ2n) is 10.6. The fourth-order valence-electron chi connectivity index (χ4n) is 5.98. The third-order valence-electron chi connectivity index (χ3n) is 7.79. The first kappa shape index (κ1) is 27.4. The van der Waals surface area contributed by atoms with Gasteiger partial charge in [0.25, 0.3) is 0 Å². The number of ether oxygens (including phenoxy) is 1. The molecule has 1 aliphatic carbocycles. The molecule has 1 fully saturated rings. The Bertz CT molecular complexity index is 1320. The van der Waals surface area contributed by atoms with Crippen LogP contribution in [0.15, 0.2) is 78.9 Å². The number of likely N-dealkylation sites (N-methyl/N-ethyl adjacent to an activating group) is 1. The van der Waals surface area contributed by atoms with E-state index in [0.29, 0.717) is 19.5 Å². The van der Waals surface area contributed by atoms with E-state index < -0.39 is 18.1 Å². The van der Waals surface area contributed by atoms with Crippen LogP contribution in [-0.4, -0.2) is 71.7 Å². The molecule has 0 bridgehead atoms. The van der Waals surface area contributed by atoms with Gasteiger partial charge in [-0.2, -0.15) is 0 Å². The summed E-state index contributed by atoms with van der Waals surface area (Å²) in [6.45, 7) is 1.47. The second-order valence-corrected chi connectivity index (χ2v) is 10.6. The van der Waals surface area contributed by atoms with Crippen LogP contribution in [0.4, 0.5) is 4.79 Å². The Hall–Kier alpha value is -4.17. The summed E-state index contributed by atoms with van der Waals surface area (Å²) in [5, 5.41) is 12.2. The van der Waals surface area contributed by atoms with Crippen LogP contribution in [0.3, 0.4) is 0 Å². The van der Waals surface area contributed by atoms with Crippen LogP contribution in [0.2, 0.25) is 0 Å². The van der Waals surface area contributed by atoms with Gasteiger partial charge in [-0.05, 0) is 47.7 Å². The lowest BCUT2D eigenvalue weighted by Crippen LogP contribution is -2.54. The number of nitrogens with one attached hydrogen (secondary N) is 1. The zero-order chi connectivity index (χ0) is 28.1. The Morgan fingerprint density at radius 3 is 2.25 bits per heavy atom. The molecule has 2 N–H and O–H groups in total. The van der Waals surface area contributed by atoms with Gasteiger partial charge in [0.1, 0.15) is 12.6 Å². The lowest BCUT2D eigenvalue weighted by atomic mass is 9.98. The lowest BCUT2D eigenvalue weighted by molar-refractivity contribution is -0.140. The van der Waals surface area contributed by atoms with Gasteiger partial charge in [0.15, 0.2) is 0 Å². The van der Waals surface area contributed by atoms with Crippen molar-refractivity contribution >= 4 is 18.0 Å². The van der Waals surface area contributed by atoms with Crippen molar-refractivity contribution in [2.75, 3.05) is 26.7 Å². The largest absolute Gasteiger partial charge is 0.481 e. The summed E-state index contributed by atoms with van der Waals surface area (Å²) in [6.07, 6.45) is 0.599. The van der Waals surface area contributed by atoms with Crippen LogP contribution < -0.4 is 5.32 Å². The summed E-state index contributed by atoms with van der Waals surface area (Å²) in [6, 6.07) is 24.9. The van der Waals surface area contributed by atoms with Crippen molar-refractivity contribution in [1.82, 2.24) is 15.1 Å². The number of amides is 2. The predicted molar refractivity (Wildman–Crippen MR) is 152 cm³/mol. The van der Waals surface area contributed by atoms with E-state index in [9.17, 15) is 19.5 Å². The normalized spacial score (nSPS) is 16.9. The Balaban J connectivity index is 1.28. The maximum atomic E-state index is 13.7. The van der Waals surface area contributed by atoms with Crippen molar-refractivity contribution in [3.63, 3.8) is 0 Å². The maximum Gasteiger partial charge on any atom is 0.407 e. The molecule has 1 heterocycles. The average Bonchev–Trinajstić information content (AvgIpc) is 3.53. The lowest BCUT2D eigenvalue weighted by Gasteiger charge is -2.31. The molecule has 5 rings (SSSR count). The number of carbonyl (C=O) groups excluding carboxylic acids is 2. The molecule has 1 saturated heterocycles. The Kier molecular flexibility index (Phi) is 8.45. The highest BCUT2D eigenvalue weighted by atomic mass is 16.5. The van der Waals surface area contributed by atoms with Gasteiger partial charge >= 0.3 is 12.1 Å². The first-order chi connectivity index (χ1) is 19.4. The van der Waals surface area contributed by atoms with E-state index in [1.54, 1.807) is 4.90 Å². The Morgan fingerprint density at radius 2 is 1.60 bits per heavy atom. The molecule has 40 heavy (non-hydrogen) atoms. The molecule has 208 valence electrons. The molecule has 2 aliphatic rings. The van der Waals surface area contributed by atoms with Crippen LogP contribution in [0, 0.1) is 0 Å². The van der Waals surface area contributed by atoms with Crippen molar-refractivity contribution in [1.29, 1.82) is 0 Å². The van der Waals surface area contributed by atoms with E-state index >= 15 is 0 Å². The van der Waals surface area contributed by atoms with Crippen molar-refractivity contribution in [2.45, 2.75) is 43.8 Å². The van der Waals surface area contributed by atoms with Crippen molar-refractivity contribution in [3.05, 3.63) is 95.6 Å². The number of hydrogen-bond acceptors (Lipinski definition) is 5. The zero-order valence-electron chi connectivity index (χ0n) is 22.7. The minimum atomic E-state index is -0.938. The summed E-state index contributed by atoms with van der Waals surface area (Å²) in [4.78, 5) is 41.8. The molecule has 8 heteroatoms. The van der Waals surface area contributed by atoms with E-state index in [-0.39, 0.29) is 37.4 Å².